The van der Waals surface area contributed by atoms with E-state index in [-0.39, 0.29) is 0 Å². The molecule has 2 heterocycles. The molecule has 0 radical (unpaired) electrons. The summed E-state index contributed by atoms with van der Waals surface area (Å²) in [5.41, 5.74) is 0.892. The number of rotatable bonds is 5. The fraction of sp³-hybridized carbons (Fsp3) is 0.385. The van der Waals surface area contributed by atoms with E-state index in [1.807, 2.05) is 12.3 Å². The Bertz CT molecular complexity index is 555. The van der Waals surface area contributed by atoms with E-state index in [0.717, 1.165) is 32.7 Å². The van der Waals surface area contributed by atoms with Crippen molar-refractivity contribution >= 4 is 43.2 Å². The van der Waals surface area contributed by atoms with E-state index in [4.69, 9.17) is 0 Å². The van der Waals surface area contributed by atoms with Crippen LogP contribution >= 0.6 is 43.2 Å². The van der Waals surface area contributed by atoms with Gasteiger partial charge < -0.3 is 5.32 Å². The van der Waals surface area contributed by atoms with E-state index in [0.29, 0.717) is 5.92 Å². The van der Waals surface area contributed by atoms with Crippen LogP contribution in [0, 0.1) is 5.92 Å². The standard InChI is InChI=1S/C13H15Br2N3S/c1-8(2)4-16-6-10-7-18-13(19-10)12-11(15)3-9(14)5-17-12/h3,5,7-8,16H,4,6H2,1-2H3. The molecule has 0 atom stereocenters. The van der Waals surface area contributed by atoms with Crippen molar-refractivity contribution in [3.63, 3.8) is 0 Å². The van der Waals surface area contributed by atoms with E-state index in [2.05, 4.69) is 61.0 Å². The van der Waals surface area contributed by atoms with Gasteiger partial charge in [-0.2, -0.15) is 0 Å². The molecule has 0 aromatic carbocycles. The molecule has 0 bridgehead atoms. The quantitative estimate of drug-likeness (QED) is 0.798. The van der Waals surface area contributed by atoms with Crippen LogP contribution < -0.4 is 5.32 Å². The number of hydrogen-bond donors (Lipinski definition) is 1. The predicted molar refractivity (Wildman–Crippen MR) is 87.3 cm³/mol. The summed E-state index contributed by atoms with van der Waals surface area (Å²) in [6.45, 7) is 6.29. The minimum atomic E-state index is 0.662. The highest BCUT2D eigenvalue weighted by atomic mass is 79.9. The fourth-order valence-electron chi connectivity index (χ4n) is 1.55. The smallest absolute Gasteiger partial charge is 0.143 e. The molecule has 3 nitrogen and oxygen atoms in total. The van der Waals surface area contributed by atoms with Gasteiger partial charge in [-0.3, -0.25) is 4.98 Å². The number of halogens is 2. The number of thiazole rings is 1. The second-order valence-electron chi connectivity index (χ2n) is 4.64. The molecule has 2 rings (SSSR count). The van der Waals surface area contributed by atoms with Gasteiger partial charge in [0, 0.05) is 32.8 Å². The van der Waals surface area contributed by atoms with Crippen molar-refractivity contribution in [2.75, 3.05) is 6.54 Å². The topological polar surface area (TPSA) is 37.8 Å². The first-order valence-electron chi connectivity index (χ1n) is 6.03. The third-order valence-electron chi connectivity index (χ3n) is 2.42. The Kier molecular flexibility index (Phi) is 5.50. The number of nitrogens with one attached hydrogen (secondary N) is 1. The van der Waals surface area contributed by atoms with Gasteiger partial charge in [-0.25, -0.2) is 4.98 Å². The van der Waals surface area contributed by atoms with Gasteiger partial charge >= 0.3 is 0 Å². The first-order chi connectivity index (χ1) is 9.06. The van der Waals surface area contributed by atoms with Crippen LogP contribution in [0.3, 0.4) is 0 Å². The second kappa shape index (κ2) is 6.92. The molecular formula is C13H15Br2N3S. The molecule has 0 fully saturated rings. The van der Waals surface area contributed by atoms with Crippen molar-refractivity contribution in [2.45, 2.75) is 20.4 Å². The summed E-state index contributed by atoms with van der Waals surface area (Å²) in [5.74, 6) is 0.662. The van der Waals surface area contributed by atoms with Crippen molar-refractivity contribution < 1.29 is 0 Å². The Labute approximate surface area is 134 Å². The zero-order valence-electron chi connectivity index (χ0n) is 10.8. The van der Waals surface area contributed by atoms with E-state index < -0.39 is 0 Å². The molecule has 0 saturated carbocycles. The van der Waals surface area contributed by atoms with Crippen LogP contribution in [0.25, 0.3) is 10.7 Å². The SMILES string of the molecule is CC(C)CNCc1cnc(-c2ncc(Br)cc2Br)s1. The van der Waals surface area contributed by atoms with Crippen molar-refractivity contribution in [1.29, 1.82) is 0 Å². The lowest BCUT2D eigenvalue weighted by Crippen LogP contribution is -2.18. The summed E-state index contributed by atoms with van der Waals surface area (Å²) in [5, 5.41) is 4.37. The molecule has 0 aliphatic rings. The molecule has 102 valence electrons. The summed E-state index contributed by atoms with van der Waals surface area (Å²) >= 11 is 8.60. The lowest BCUT2D eigenvalue weighted by Gasteiger charge is -2.04. The van der Waals surface area contributed by atoms with E-state index >= 15 is 0 Å². The summed E-state index contributed by atoms with van der Waals surface area (Å²) in [4.78, 5) is 10.1. The molecule has 2 aromatic heterocycles. The monoisotopic (exact) mass is 403 g/mol. The van der Waals surface area contributed by atoms with Gasteiger partial charge in [-0.1, -0.05) is 13.8 Å². The molecule has 6 heteroatoms. The molecule has 0 amide bonds. The van der Waals surface area contributed by atoms with Gasteiger partial charge in [-0.05, 0) is 50.4 Å². The third-order valence-corrected chi connectivity index (χ3v) is 4.46. The Morgan fingerprint density at radius 3 is 2.74 bits per heavy atom. The summed E-state index contributed by atoms with van der Waals surface area (Å²) < 4.78 is 1.91. The molecule has 2 aromatic rings. The summed E-state index contributed by atoms with van der Waals surface area (Å²) in [6, 6.07) is 1.99. The van der Waals surface area contributed by atoms with Crippen LogP contribution in [0.15, 0.2) is 27.4 Å². The molecule has 19 heavy (non-hydrogen) atoms. The van der Waals surface area contributed by atoms with Gasteiger partial charge in [0.25, 0.3) is 0 Å². The Balaban J connectivity index is 2.08. The molecular weight excluding hydrogens is 390 g/mol. The van der Waals surface area contributed by atoms with Gasteiger partial charge in [0.1, 0.15) is 10.7 Å². The predicted octanol–water partition coefficient (Wildman–Crippen LogP) is 4.48. The van der Waals surface area contributed by atoms with Gasteiger partial charge in [0.2, 0.25) is 0 Å². The van der Waals surface area contributed by atoms with Gasteiger partial charge in [0.05, 0.1) is 0 Å². The van der Waals surface area contributed by atoms with E-state index in [1.54, 1.807) is 17.5 Å². The third kappa shape index (κ3) is 4.34. The average molecular weight is 405 g/mol. The van der Waals surface area contributed by atoms with Crippen LogP contribution in [0.2, 0.25) is 0 Å². The second-order valence-corrected chi connectivity index (χ2v) is 7.53. The van der Waals surface area contributed by atoms with Crippen molar-refractivity contribution in [3.05, 3.63) is 32.3 Å². The maximum atomic E-state index is 4.45. The number of pyridine rings is 1. The van der Waals surface area contributed by atoms with Crippen LogP contribution in [-0.4, -0.2) is 16.5 Å². The van der Waals surface area contributed by atoms with E-state index in [9.17, 15) is 0 Å². The van der Waals surface area contributed by atoms with Gasteiger partial charge in [-0.15, -0.1) is 11.3 Å². The normalized spacial score (nSPS) is 11.2. The molecule has 0 aliphatic heterocycles. The summed E-state index contributed by atoms with van der Waals surface area (Å²) in [7, 11) is 0. The fourth-order valence-corrected chi connectivity index (χ4v) is 3.75. The highest BCUT2D eigenvalue weighted by molar-refractivity contribution is 9.11. The Morgan fingerprint density at radius 1 is 1.26 bits per heavy atom. The molecule has 0 saturated heterocycles. The van der Waals surface area contributed by atoms with Crippen molar-refractivity contribution in [3.8, 4) is 10.7 Å². The largest absolute Gasteiger partial charge is 0.312 e. The first-order valence-corrected chi connectivity index (χ1v) is 8.43. The lowest BCUT2D eigenvalue weighted by molar-refractivity contribution is 0.554. The Hall–Kier alpha value is -0.300. The van der Waals surface area contributed by atoms with Crippen LogP contribution in [0.5, 0.6) is 0 Å². The Morgan fingerprint density at radius 2 is 2.05 bits per heavy atom. The molecule has 0 spiro atoms. The van der Waals surface area contributed by atoms with Crippen molar-refractivity contribution in [1.82, 2.24) is 15.3 Å². The number of aromatic nitrogens is 2. The van der Waals surface area contributed by atoms with Crippen molar-refractivity contribution in [2.24, 2.45) is 5.92 Å². The number of hydrogen-bond acceptors (Lipinski definition) is 4. The van der Waals surface area contributed by atoms with E-state index in [1.165, 1.54) is 4.88 Å². The van der Waals surface area contributed by atoms with Crippen LogP contribution in [0.1, 0.15) is 18.7 Å². The zero-order valence-corrected chi connectivity index (χ0v) is 14.8. The number of nitrogens with zero attached hydrogens (tertiary/aromatic N) is 2. The average Bonchev–Trinajstić information content (AvgIpc) is 2.77. The minimum Gasteiger partial charge on any atom is -0.312 e. The molecule has 0 aliphatic carbocycles. The minimum absolute atomic E-state index is 0.662. The maximum absolute atomic E-state index is 4.45. The lowest BCUT2D eigenvalue weighted by atomic mass is 10.2. The maximum Gasteiger partial charge on any atom is 0.143 e. The first kappa shape index (κ1) is 15.1. The summed E-state index contributed by atoms with van der Waals surface area (Å²) in [6.07, 6.45) is 3.71. The zero-order chi connectivity index (χ0) is 13.8. The highest BCUT2D eigenvalue weighted by Gasteiger charge is 2.10. The van der Waals surface area contributed by atoms with Crippen LogP contribution in [-0.2, 0) is 6.54 Å². The highest BCUT2D eigenvalue weighted by Crippen LogP contribution is 2.31. The molecule has 1 N–H and O–H groups in total. The van der Waals surface area contributed by atoms with Gasteiger partial charge in [0.15, 0.2) is 0 Å². The molecule has 0 unspecified atom stereocenters. The van der Waals surface area contributed by atoms with Crippen LogP contribution in [0.4, 0.5) is 0 Å².